The molecule has 0 radical (unpaired) electrons. The number of halogens is 1. The van der Waals surface area contributed by atoms with Crippen LogP contribution in [0.1, 0.15) is 36.0 Å². The van der Waals surface area contributed by atoms with Crippen LogP contribution in [0, 0.1) is 5.82 Å². The number of carboxylic acid groups (broad SMARTS) is 1. The molecule has 0 atom stereocenters. The van der Waals surface area contributed by atoms with Gasteiger partial charge in [-0.2, -0.15) is 0 Å². The summed E-state index contributed by atoms with van der Waals surface area (Å²) in [5.41, 5.74) is 0.453. The predicted octanol–water partition coefficient (Wildman–Crippen LogP) is 2.41. The Hall–Kier alpha value is -2.83. The molecule has 0 aliphatic heterocycles. The number of Topliss-reactive ketones (excluding diaryl/α,β-unsaturated/α-hetero) is 2. The second-order valence-electron chi connectivity index (χ2n) is 4.99. The summed E-state index contributed by atoms with van der Waals surface area (Å²) >= 11 is 0. The number of aliphatic carboxylic acids is 1. The molecule has 0 unspecified atom stereocenters. The Morgan fingerprint density at radius 3 is 2.48 bits per heavy atom. The van der Waals surface area contributed by atoms with E-state index in [4.69, 9.17) is 5.11 Å². The number of imidazole rings is 1. The highest BCUT2D eigenvalue weighted by molar-refractivity contribution is 5.98. The number of benzene rings is 1. The van der Waals surface area contributed by atoms with Gasteiger partial charge in [-0.3, -0.25) is 14.4 Å². The summed E-state index contributed by atoms with van der Waals surface area (Å²) in [5, 5.41) is 8.49. The Balaban J connectivity index is 1.96. The molecule has 0 fully saturated rings. The van der Waals surface area contributed by atoms with Crippen LogP contribution in [0.2, 0.25) is 0 Å². The highest BCUT2D eigenvalue weighted by Crippen LogP contribution is 2.16. The second kappa shape index (κ2) is 7.44. The van der Waals surface area contributed by atoms with Crippen LogP contribution in [0.25, 0.3) is 5.69 Å². The van der Waals surface area contributed by atoms with E-state index in [2.05, 4.69) is 4.98 Å². The van der Waals surface area contributed by atoms with E-state index in [1.165, 1.54) is 29.2 Å². The van der Waals surface area contributed by atoms with E-state index in [0.29, 0.717) is 0 Å². The van der Waals surface area contributed by atoms with E-state index in [0.717, 1.165) is 6.07 Å². The molecule has 2 rings (SSSR count). The monoisotopic (exact) mass is 318 g/mol. The average molecular weight is 318 g/mol. The van der Waals surface area contributed by atoms with Gasteiger partial charge >= 0.3 is 5.97 Å². The van der Waals surface area contributed by atoms with Crippen LogP contribution in [0.5, 0.6) is 0 Å². The molecule has 0 aliphatic rings. The summed E-state index contributed by atoms with van der Waals surface area (Å²) < 4.78 is 15.5. The number of hydrogen-bond acceptors (Lipinski definition) is 4. The highest BCUT2D eigenvalue weighted by atomic mass is 19.1. The molecule has 7 heteroatoms. The smallest absolute Gasteiger partial charge is 0.303 e. The Labute approximate surface area is 131 Å². The van der Waals surface area contributed by atoms with Gasteiger partial charge in [0.25, 0.3) is 0 Å². The van der Waals surface area contributed by atoms with Crippen molar-refractivity contribution in [3.05, 3.63) is 48.3 Å². The van der Waals surface area contributed by atoms with Gasteiger partial charge in [0, 0.05) is 37.2 Å². The van der Waals surface area contributed by atoms with Gasteiger partial charge in [0.15, 0.2) is 5.78 Å². The van der Waals surface area contributed by atoms with Gasteiger partial charge in [0.1, 0.15) is 11.6 Å². The molecular weight excluding hydrogens is 303 g/mol. The van der Waals surface area contributed by atoms with E-state index in [1.54, 1.807) is 6.20 Å². The minimum atomic E-state index is -1.05. The number of hydrogen-bond donors (Lipinski definition) is 1. The van der Waals surface area contributed by atoms with Crippen LogP contribution in [0.3, 0.4) is 0 Å². The van der Waals surface area contributed by atoms with Crippen molar-refractivity contribution < 1.29 is 23.9 Å². The fraction of sp³-hybridized carbons (Fsp3) is 0.250. The van der Waals surface area contributed by atoms with Gasteiger partial charge in [-0.1, -0.05) is 0 Å². The number of carboxylic acids is 1. The number of ketones is 2. The summed E-state index contributed by atoms with van der Waals surface area (Å²) in [4.78, 5) is 37.6. The zero-order valence-electron chi connectivity index (χ0n) is 12.2. The topological polar surface area (TPSA) is 89.3 Å². The number of rotatable bonds is 8. The van der Waals surface area contributed by atoms with E-state index in [-0.39, 0.29) is 48.5 Å². The number of nitrogens with zero attached hydrogens (tertiary/aromatic N) is 2. The predicted molar refractivity (Wildman–Crippen MR) is 79.0 cm³/mol. The van der Waals surface area contributed by atoms with Crippen molar-refractivity contribution in [3.63, 3.8) is 0 Å². The van der Waals surface area contributed by atoms with Crippen LogP contribution >= 0.6 is 0 Å². The van der Waals surface area contributed by atoms with Crippen molar-refractivity contribution in [1.82, 2.24) is 9.55 Å². The summed E-state index contributed by atoms with van der Waals surface area (Å²) in [6.07, 6.45) is 4.08. The summed E-state index contributed by atoms with van der Waals surface area (Å²) in [7, 11) is 0. The first kappa shape index (κ1) is 16.5. The van der Waals surface area contributed by atoms with Crippen LogP contribution in [-0.4, -0.2) is 32.2 Å². The van der Waals surface area contributed by atoms with Crippen molar-refractivity contribution in [2.24, 2.45) is 0 Å². The van der Waals surface area contributed by atoms with Crippen molar-refractivity contribution in [2.45, 2.75) is 25.7 Å². The van der Waals surface area contributed by atoms with E-state index >= 15 is 0 Å². The molecule has 2 aromatic rings. The summed E-state index contributed by atoms with van der Waals surface area (Å²) in [6, 6.07) is 4.08. The van der Waals surface area contributed by atoms with Gasteiger partial charge < -0.3 is 9.67 Å². The molecule has 1 N–H and O–H groups in total. The zero-order valence-corrected chi connectivity index (χ0v) is 12.2. The molecule has 0 bridgehead atoms. The lowest BCUT2D eigenvalue weighted by atomic mass is 10.0. The van der Waals surface area contributed by atoms with Gasteiger partial charge in [0.2, 0.25) is 0 Å². The molecule has 0 saturated carbocycles. The van der Waals surface area contributed by atoms with Gasteiger partial charge in [0.05, 0.1) is 18.4 Å². The van der Waals surface area contributed by atoms with E-state index in [9.17, 15) is 18.8 Å². The normalized spacial score (nSPS) is 10.5. The third-order valence-electron chi connectivity index (χ3n) is 3.30. The third kappa shape index (κ3) is 4.57. The Morgan fingerprint density at radius 1 is 1.13 bits per heavy atom. The molecule has 23 heavy (non-hydrogen) atoms. The molecule has 1 heterocycles. The third-order valence-corrected chi connectivity index (χ3v) is 3.30. The largest absolute Gasteiger partial charge is 0.481 e. The average Bonchev–Trinajstić information content (AvgIpc) is 3.04. The van der Waals surface area contributed by atoms with Gasteiger partial charge in [-0.25, -0.2) is 9.37 Å². The van der Waals surface area contributed by atoms with Crippen LogP contribution in [0.4, 0.5) is 4.39 Å². The fourth-order valence-electron chi connectivity index (χ4n) is 2.06. The van der Waals surface area contributed by atoms with Crippen molar-refractivity contribution >= 4 is 17.5 Å². The van der Waals surface area contributed by atoms with E-state index in [1.807, 2.05) is 0 Å². The Morgan fingerprint density at radius 2 is 1.87 bits per heavy atom. The number of carbonyl (C=O) groups excluding carboxylic acids is 2. The quantitative estimate of drug-likeness (QED) is 0.755. The first-order valence-electron chi connectivity index (χ1n) is 7.02. The molecule has 0 saturated heterocycles. The van der Waals surface area contributed by atoms with E-state index < -0.39 is 11.8 Å². The maximum absolute atomic E-state index is 14.0. The molecule has 0 amide bonds. The SMILES string of the molecule is O=C(O)CCC(=O)CCC(=O)c1ccc(-n2ccnc2)c(F)c1. The van der Waals surface area contributed by atoms with Gasteiger partial charge in [-0.15, -0.1) is 0 Å². The lowest BCUT2D eigenvalue weighted by Gasteiger charge is -2.06. The van der Waals surface area contributed by atoms with Crippen LogP contribution in [-0.2, 0) is 9.59 Å². The molecule has 0 spiro atoms. The summed E-state index contributed by atoms with van der Waals surface area (Å²) in [5.74, 6) is -2.27. The number of carbonyl (C=O) groups is 3. The Bertz CT molecular complexity index is 726. The highest BCUT2D eigenvalue weighted by Gasteiger charge is 2.13. The minimum absolute atomic E-state index is 0.0446. The lowest BCUT2D eigenvalue weighted by Crippen LogP contribution is -2.07. The second-order valence-corrected chi connectivity index (χ2v) is 4.99. The molecule has 120 valence electrons. The minimum Gasteiger partial charge on any atom is -0.481 e. The first-order valence-corrected chi connectivity index (χ1v) is 7.02. The molecule has 6 nitrogen and oxygen atoms in total. The molecular formula is C16H15FN2O4. The lowest BCUT2D eigenvalue weighted by molar-refractivity contribution is -0.138. The maximum Gasteiger partial charge on any atom is 0.303 e. The van der Waals surface area contributed by atoms with Crippen LogP contribution in [0.15, 0.2) is 36.9 Å². The molecule has 1 aromatic heterocycles. The molecule has 1 aromatic carbocycles. The Kier molecular flexibility index (Phi) is 5.35. The van der Waals surface area contributed by atoms with Crippen LogP contribution < -0.4 is 0 Å². The molecule has 0 aliphatic carbocycles. The maximum atomic E-state index is 14.0. The number of aromatic nitrogens is 2. The van der Waals surface area contributed by atoms with Gasteiger partial charge in [-0.05, 0) is 18.2 Å². The van der Waals surface area contributed by atoms with Crippen molar-refractivity contribution in [1.29, 1.82) is 0 Å². The van der Waals surface area contributed by atoms with Crippen molar-refractivity contribution in [3.8, 4) is 5.69 Å². The fourth-order valence-corrected chi connectivity index (χ4v) is 2.06. The van der Waals surface area contributed by atoms with Crippen molar-refractivity contribution in [2.75, 3.05) is 0 Å². The zero-order chi connectivity index (χ0) is 16.8. The first-order chi connectivity index (χ1) is 11.0. The standard InChI is InChI=1S/C16H15FN2O4/c17-13-9-11(1-4-14(13)19-8-7-18-10-19)15(21)5-2-12(20)3-6-16(22)23/h1,4,7-10H,2-3,5-6H2,(H,22,23). The summed E-state index contributed by atoms with van der Waals surface area (Å²) in [6.45, 7) is 0.